The van der Waals surface area contributed by atoms with Gasteiger partial charge in [0.1, 0.15) is 5.76 Å². The topological polar surface area (TPSA) is 59.4 Å². The Kier molecular flexibility index (Phi) is 4.54. The van der Waals surface area contributed by atoms with E-state index in [1.807, 2.05) is 23.9 Å². The third kappa shape index (κ3) is 3.27. The molecule has 3 nitrogen and oxygen atoms in total. The van der Waals surface area contributed by atoms with Crippen molar-refractivity contribution in [1.82, 2.24) is 0 Å². The fraction of sp³-hybridized carbons (Fsp3) is 0.692. The zero-order chi connectivity index (χ0) is 12.1. The van der Waals surface area contributed by atoms with E-state index in [4.69, 9.17) is 10.2 Å². The monoisotopic (exact) mass is 255 g/mol. The minimum absolute atomic E-state index is 0.386. The van der Waals surface area contributed by atoms with Crippen LogP contribution in [-0.2, 0) is 5.75 Å². The first-order chi connectivity index (χ1) is 8.24. The highest BCUT2D eigenvalue weighted by Crippen LogP contribution is 2.37. The number of furan rings is 1. The van der Waals surface area contributed by atoms with Crippen LogP contribution in [-0.4, -0.2) is 23.0 Å². The molecular formula is C13H21NO2S. The first kappa shape index (κ1) is 13.0. The maximum absolute atomic E-state index is 10.3. The molecule has 1 aliphatic rings. The van der Waals surface area contributed by atoms with E-state index in [2.05, 4.69) is 0 Å². The van der Waals surface area contributed by atoms with Gasteiger partial charge in [0, 0.05) is 6.54 Å². The van der Waals surface area contributed by atoms with Crippen LogP contribution < -0.4 is 5.73 Å². The van der Waals surface area contributed by atoms with Crippen molar-refractivity contribution in [3.63, 3.8) is 0 Å². The Labute approximate surface area is 107 Å². The molecule has 1 aliphatic carbocycles. The van der Waals surface area contributed by atoms with Gasteiger partial charge in [-0.25, -0.2) is 0 Å². The van der Waals surface area contributed by atoms with Gasteiger partial charge in [-0.15, -0.1) is 0 Å². The molecule has 0 aromatic carbocycles. The molecule has 0 radical (unpaired) electrons. The zero-order valence-corrected chi connectivity index (χ0v) is 10.9. The van der Waals surface area contributed by atoms with Gasteiger partial charge < -0.3 is 15.3 Å². The summed E-state index contributed by atoms with van der Waals surface area (Å²) in [6, 6.07) is 3.92. The summed E-state index contributed by atoms with van der Waals surface area (Å²) >= 11 is 1.86. The molecule has 0 saturated heterocycles. The Balaban J connectivity index is 1.68. The molecule has 1 fully saturated rings. The summed E-state index contributed by atoms with van der Waals surface area (Å²) < 4.78 is 5.28. The van der Waals surface area contributed by atoms with Gasteiger partial charge in [-0.05, 0) is 43.1 Å². The average molecular weight is 255 g/mol. The lowest BCUT2D eigenvalue weighted by molar-refractivity contribution is 0.0104. The van der Waals surface area contributed by atoms with Crippen LogP contribution in [0.4, 0.5) is 0 Å². The number of rotatable bonds is 6. The highest BCUT2D eigenvalue weighted by atomic mass is 32.2. The molecule has 96 valence electrons. The van der Waals surface area contributed by atoms with Crippen molar-refractivity contribution in [2.24, 2.45) is 11.7 Å². The first-order valence-electron chi connectivity index (χ1n) is 6.27. The highest BCUT2D eigenvalue weighted by molar-refractivity contribution is 7.98. The summed E-state index contributed by atoms with van der Waals surface area (Å²) in [5.74, 6) is 3.39. The van der Waals surface area contributed by atoms with Gasteiger partial charge >= 0.3 is 0 Å². The van der Waals surface area contributed by atoms with Crippen LogP contribution in [0.5, 0.6) is 0 Å². The lowest BCUT2D eigenvalue weighted by atomic mass is 9.89. The Morgan fingerprint density at radius 3 is 3.18 bits per heavy atom. The van der Waals surface area contributed by atoms with Crippen LogP contribution in [0.2, 0.25) is 0 Å². The maximum atomic E-state index is 10.3. The quantitative estimate of drug-likeness (QED) is 0.766. The van der Waals surface area contributed by atoms with Gasteiger partial charge in [-0.1, -0.05) is 6.42 Å². The number of aliphatic hydroxyl groups is 1. The van der Waals surface area contributed by atoms with E-state index in [0.717, 1.165) is 42.9 Å². The van der Waals surface area contributed by atoms with Gasteiger partial charge in [0.15, 0.2) is 0 Å². The third-order valence-electron chi connectivity index (χ3n) is 3.71. The number of nitrogens with two attached hydrogens (primary N) is 1. The van der Waals surface area contributed by atoms with Crippen LogP contribution in [0.3, 0.4) is 0 Å². The summed E-state index contributed by atoms with van der Waals surface area (Å²) in [6.45, 7) is 0.403. The summed E-state index contributed by atoms with van der Waals surface area (Å²) in [4.78, 5) is 0. The van der Waals surface area contributed by atoms with Crippen LogP contribution in [0.25, 0.3) is 0 Å². The Morgan fingerprint density at radius 1 is 1.59 bits per heavy atom. The summed E-state index contributed by atoms with van der Waals surface area (Å²) in [6.07, 6.45) is 5.87. The van der Waals surface area contributed by atoms with E-state index >= 15 is 0 Å². The van der Waals surface area contributed by atoms with Crippen LogP contribution in [0, 0.1) is 5.92 Å². The van der Waals surface area contributed by atoms with Crippen molar-refractivity contribution in [3.05, 3.63) is 24.2 Å². The van der Waals surface area contributed by atoms with Crippen molar-refractivity contribution < 1.29 is 9.52 Å². The normalized spacial score (nSPS) is 28.7. The van der Waals surface area contributed by atoms with E-state index in [9.17, 15) is 5.11 Å². The van der Waals surface area contributed by atoms with Crippen molar-refractivity contribution in [2.75, 3.05) is 12.3 Å². The first-order valence-corrected chi connectivity index (χ1v) is 7.42. The lowest BCUT2D eigenvalue weighted by Crippen LogP contribution is -2.41. The summed E-state index contributed by atoms with van der Waals surface area (Å²) in [5.41, 5.74) is 5.08. The van der Waals surface area contributed by atoms with Crippen molar-refractivity contribution >= 4 is 11.8 Å². The molecule has 1 aromatic heterocycles. The smallest absolute Gasteiger partial charge is 0.113 e. The Morgan fingerprint density at radius 2 is 2.47 bits per heavy atom. The van der Waals surface area contributed by atoms with Gasteiger partial charge in [0.05, 0.1) is 17.6 Å². The van der Waals surface area contributed by atoms with Gasteiger partial charge in [0.25, 0.3) is 0 Å². The van der Waals surface area contributed by atoms with E-state index < -0.39 is 5.60 Å². The molecule has 1 aromatic rings. The number of thioether (sulfide) groups is 1. The van der Waals surface area contributed by atoms with E-state index in [0.29, 0.717) is 12.5 Å². The minimum Gasteiger partial charge on any atom is -0.468 e. The van der Waals surface area contributed by atoms with Crippen molar-refractivity contribution in [2.45, 2.75) is 37.0 Å². The van der Waals surface area contributed by atoms with Crippen molar-refractivity contribution in [3.8, 4) is 0 Å². The van der Waals surface area contributed by atoms with Crippen LogP contribution >= 0.6 is 11.8 Å². The predicted molar refractivity (Wildman–Crippen MR) is 70.8 cm³/mol. The second-order valence-corrected chi connectivity index (χ2v) is 5.92. The molecule has 1 saturated carbocycles. The molecule has 0 aliphatic heterocycles. The lowest BCUT2D eigenvalue weighted by Gasteiger charge is -2.28. The zero-order valence-electron chi connectivity index (χ0n) is 10.1. The molecule has 3 N–H and O–H groups in total. The van der Waals surface area contributed by atoms with E-state index in [1.54, 1.807) is 6.26 Å². The molecule has 2 rings (SSSR count). The van der Waals surface area contributed by atoms with Crippen LogP contribution in [0.15, 0.2) is 22.8 Å². The molecule has 0 amide bonds. The Bertz CT molecular complexity index is 328. The molecule has 2 atom stereocenters. The Hall–Kier alpha value is -0.450. The molecule has 1 heterocycles. The second-order valence-electron chi connectivity index (χ2n) is 4.82. The van der Waals surface area contributed by atoms with Gasteiger partial charge in [0.2, 0.25) is 0 Å². The molecule has 4 heteroatoms. The largest absolute Gasteiger partial charge is 0.468 e. The summed E-state index contributed by atoms with van der Waals surface area (Å²) in [7, 11) is 0. The SMILES string of the molecule is NCC1(O)CCCC1CCSCc1ccco1. The fourth-order valence-electron chi connectivity index (χ4n) is 2.60. The molecule has 17 heavy (non-hydrogen) atoms. The van der Waals surface area contributed by atoms with E-state index in [-0.39, 0.29) is 0 Å². The molecular weight excluding hydrogens is 234 g/mol. The molecule has 0 bridgehead atoms. The summed E-state index contributed by atoms with van der Waals surface area (Å²) in [5, 5.41) is 10.3. The van der Waals surface area contributed by atoms with Gasteiger partial charge in [-0.2, -0.15) is 11.8 Å². The van der Waals surface area contributed by atoms with Gasteiger partial charge in [-0.3, -0.25) is 0 Å². The van der Waals surface area contributed by atoms with Crippen molar-refractivity contribution in [1.29, 1.82) is 0 Å². The predicted octanol–water partition coefficient (Wildman–Crippen LogP) is 2.39. The van der Waals surface area contributed by atoms with E-state index in [1.165, 1.54) is 0 Å². The second kappa shape index (κ2) is 5.94. The maximum Gasteiger partial charge on any atom is 0.113 e. The minimum atomic E-state index is -0.592. The number of hydrogen-bond acceptors (Lipinski definition) is 4. The van der Waals surface area contributed by atoms with Crippen LogP contribution in [0.1, 0.15) is 31.4 Å². The number of hydrogen-bond donors (Lipinski definition) is 2. The molecule has 2 unspecified atom stereocenters. The highest BCUT2D eigenvalue weighted by Gasteiger charge is 2.39. The standard InChI is InChI=1S/C13H21NO2S/c14-10-13(15)6-1-3-11(13)5-8-17-9-12-4-2-7-16-12/h2,4,7,11,15H,1,3,5-6,8-10,14H2. The fourth-order valence-corrected chi connectivity index (χ4v) is 3.56. The average Bonchev–Trinajstić information content (AvgIpc) is 2.95. The molecule has 0 spiro atoms. The third-order valence-corrected chi connectivity index (χ3v) is 4.72.